The highest BCUT2D eigenvalue weighted by molar-refractivity contribution is 8.13. The van der Waals surface area contributed by atoms with Crippen LogP contribution in [0.25, 0.3) is 0 Å². The maximum absolute atomic E-state index is 10.8. The van der Waals surface area contributed by atoms with Crippen LogP contribution in [-0.2, 0) is 33.2 Å². The standard InChI is InChI=1S/C5H7ClN2O2S.C5H9N3O2S.H3N.H2O/c2*1-4-5(11(6,9)10)3-8(2)7-4;;/h3H,1-2H3;3H,1-2H3,(H2,6,9,10);1H3;1H2. The Hall–Kier alpha value is -1.51. The van der Waals surface area contributed by atoms with Crippen LogP contribution in [0.3, 0.4) is 0 Å². The highest BCUT2D eigenvalue weighted by atomic mass is 35.7. The highest BCUT2D eigenvalue weighted by Crippen LogP contribution is 2.16. The zero-order chi connectivity index (χ0) is 17.3. The Labute approximate surface area is 144 Å². The summed E-state index contributed by atoms with van der Waals surface area (Å²) in [6.45, 7) is 3.19. The first kappa shape index (κ1) is 24.7. The molecule has 0 saturated carbocycles. The van der Waals surface area contributed by atoms with E-state index < -0.39 is 19.1 Å². The van der Waals surface area contributed by atoms with Gasteiger partial charge >= 0.3 is 0 Å². The number of aryl methyl sites for hydroxylation is 4. The van der Waals surface area contributed by atoms with Gasteiger partial charge in [-0.25, -0.2) is 22.0 Å². The van der Waals surface area contributed by atoms with Crippen molar-refractivity contribution in [3.8, 4) is 0 Å². The molecule has 0 saturated heterocycles. The van der Waals surface area contributed by atoms with E-state index in [1.807, 2.05) is 0 Å². The minimum atomic E-state index is -3.62. The second-order valence-corrected chi connectivity index (χ2v) is 8.55. The lowest BCUT2D eigenvalue weighted by atomic mass is 10.5. The van der Waals surface area contributed by atoms with Crippen molar-refractivity contribution >= 4 is 29.8 Å². The minimum Gasteiger partial charge on any atom is -0.412 e. The van der Waals surface area contributed by atoms with Gasteiger partial charge in [0.15, 0.2) is 0 Å². The van der Waals surface area contributed by atoms with Crippen molar-refractivity contribution in [1.29, 1.82) is 0 Å². The molecular formula is C10H21ClN6O5S2. The molecule has 0 unspecified atom stereocenters. The molecule has 0 fully saturated rings. The second kappa shape index (κ2) is 8.55. The maximum atomic E-state index is 10.8. The molecule has 2 aromatic heterocycles. The lowest BCUT2D eigenvalue weighted by Crippen LogP contribution is -2.12. The van der Waals surface area contributed by atoms with Crippen LogP contribution in [0.1, 0.15) is 11.4 Å². The molecular weight excluding hydrogens is 384 g/mol. The van der Waals surface area contributed by atoms with Gasteiger partial charge in [0, 0.05) is 37.2 Å². The third-order valence-corrected chi connectivity index (χ3v) is 4.94. The first-order valence-corrected chi connectivity index (χ1v) is 9.66. The average Bonchev–Trinajstić information content (AvgIpc) is 2.80. The fourth-order valence-corrected chi connectivity index (χ4v) is 3.55. The summed E-state index contributed by atoms with van der Waals surface area (Å²) in [5, 5.41) is 12.6. The van der Waals surface area contributed by atoms with Gasteiger partial charge in [0.25, 0.3) is 9.05 Å². The molecule has 0 aliphatic heterocycles. The van der Waals surface area contributed by atoms with Crippen LogP contribution in [-0.4, -0.2) is 41.9 Å². The van der Waals surface area contributed by atoms with Crippen LogP contribution in [0, 0.1) is 13.8 Å². The summed E-state index contributed by atoms with van der Waals surface area (Å²) in [4.78, 5) is 0.154. The number of sulfonamides is 1. The van der Waals surface area contributed by atoms with Gasteiger partial charge in [-0.1, -0.05) is 0 Å². The van der Waals surface area contributed by atoms with Crippen LogP contribution in [0.15, 0.2) is 22.2 Å². The minimum absolute atomic E-state index is 0. The molecule has 11 nitrogen and oxygen atoms in total. The van der Waals surface area contributed by atoms with Crippen molar-refractivity contribution in [1.82, 2.24) is 25.7 Å². The molecule has 0 bridgehead atoms. The summed E-state index contributed by atoms with van der Waals surface area (Å²) in [6.07, 6.45) is 2.75. The Morgan fingerprint density at radius 3 is 1.42 bits per heavy atom. The Kier molecular flexibility index (Phi) is 8.81. The van der Waals surface area contributed by atoms with E-state index >= 15 is 0 Å². The van der Waals surface area contributed by atoms with Crippen molar-refractivity contribution in [2.24, 2.45) is 19.2 Å². The fraction of sp³-hybridized carbons (Fsp3) is 0.400. The monoisotopic (exact) mass is 404 g/mol. The molecule has 2 aromatic rings. The van der Waals surface area contributed by atoms with Gasteiger partial charge in [0.1, 0.15) is 9.79 Å². The number of nitrogens with two attached hydrogens (primary N) is 1. The van der Waals surface area contributed by atoms with Crippen molar-refractivity contribution in [3.63, 3.8) is 0 Å². The SMILES string of the molecule is Cc1nn(C)cc1S(=O)(=O)Cl.Cc1nn(C)cc1S(N)(=O)=O.N.O. The Bertz CT molecular complexity index is 813. The molecule has 0 aromatic carbocycles. The lowest BCUT2D eigenvalue weighted by Gasteiger charge is -1.90. The van der Waals surface area contributed by atoms with Gasteiger partial charge in [0.2, 0.25) is 10.0 Å². The van der Waals surface area contributed by atoms with Gasteiger partial charge < -0.3 is 11.6 Å². The average molecular weight is 405 g/mol. The number of rotatable bonds is 2. The quantitative estimate of drug-likeness (QED) is 0.620. The second-order valence-electron chi connectivity index (χ2n) is 4.49. The normalized spacial score (nSPS) is 10.9. The van der Waals surface area contributed by atoms with Crippen LogP contribution >= 0.6 is 10.7 Å². The fourth-order valence-electron chi connectivity index (χ4n) is 1.67. The van der Waals surface area contributed by atoms with Crippen LogP contribution in [0.5, 0.6) is 0 Å². The predicted molar refractivity (Wildman–Crippen MR) is 88.9 cm³/mol. The predicted octanol–water partition coefficient (Wildman–Crippen LogP) is -0.631. The third-order valence-electron chi connectivity index (χ3n) is 2.51. The van der Waals surface area contributed by atoms with E-state index in [-0.39, 0.29) is 21.4 Å². The largest absolute Gasteiger partial charge is 0.412 e. The van der Waals surface area contributed by atoms with E-state index in [4.69, 9.17) is 15.8 Å². The van der Waals surface area contributed by atoms with Gasteiger partial charge in [-0.05, 0) is 13.8 Å². The maximum Gasteiger partial charge on any atom is 0.264 e. The summed E-state index contributed by atoms with van der Waals surface area (Å²) in [7, 11) is 1.15. The molecule has 0 aliphatic carbocycles. The Morgan fingerprint density at radius 1 is 0.958 bits per heavy atom. The van der Waals surface area contributed by atoms with Crippen molar-refractivity contribution < 1.29 is 22.3 Å². The van der Waals surface area contributed by atoms with Crippen LogP contribution < -0.4 is 11.3 Å². The molecule has 140 valence electrons. The van der Waals surface area contributed by atoms with Gasteiger partial charge in [-0.3, -0.25) is 9.36 Å². The van der Waals surface area contributed by atoms with E-state index in [1.165, 1.54) is 21.8 Å². The molecule has 24 heavy (non-hydrogen) atoms. The topological polar surface area (TPSA) is 196 Å². The van der Waals surface area contributed by atoms with E-state index in [1.54, 1.807) is 27.9 Å². The van der Waals surface area contributed by atoms with Gasteiger partial charge in [0.05, 0.1) is 11.4 Å². The lowest BCUT2D eigenvalue weighted by molar-refractivity contribution is 0.597. The molecule has 0 radical (unpaired) electrons. The first-order chi connectivity index (χ1) is 9.82. The number of nitrogens with zero attached hydrogens (tertiary/aromatic N) is 4. The molecule has 0 spiro atoms. The Balaban J connectivity index is 0. The number of primary sulfonamides is 1. The number of aromatic nitrogens is 4. The number of halogens is 1. The van der Waals surface area contributed by atoms with E-state index in [0.29, 0.717) is 11.4 Å². The molecule has 0 amide bonds. The summed E-state index contributed by atoms with van der Waals surface area (Å²) in [5.74, 6) is 0. The summed E-state index contributed by atoms with van der Waals surface area (Å²) >= 11 is 0. The van der Waals surface area contributed by atoms with Crippen LogP contribution in [0.4, 0.5) is 0 Å². The summed E-state index contributed by atoms with van der Waals surface area (Å²) in [6, 6.07) is 0. The van der Waals surface area contributed by atoms with E-state index in [2.05, 4.69) is 10.2 Å². The number of hydrogen-bond donors (Lipinski definition) is 2. The van der Waals surface area contributed by atoms with Crippen molar-refractivity contribution in [3.05, 3.63) is 23.8 Å². The molecule has 7 N–H and O–H groups in total. The first-order valence-electron chi connectivity index (χ1n) is 5.80. The molecule has 2 heterocycles. The van der Waals surface area contributed by atoms with Crippen LogP contribution in [0.2, 0.25) is 0 Å². The summed E-state index contributed by atoms with van der Waals surface area (Å²) in [5.41, 5.74) is 0.845. The van der Waals surface area contributed by atoms with Gasteiger partial charge in [-0.2, -0.15) is 10.2 Å². The van der Waals surface area contributed by atoms with E-state index in [9.17, 15) is 16.8 Å². The zero-order valence-electron chi connectivity index (χ0n) is 13.6. The van der Waals surface area contributed by atoms with Crippen molar-refractivity contribution in [2.75, 3.05) is 0 Å². The van der Waals surface area contributed by atoms with Gasteiger partial charge in [-0.15, -0.1) is 0 Å². The van der Waals surface area contributed by atoms with E-state index in [0.717, 1.165) is 0 Å². The van der Waals surface area contributed by atoms with Crippen molar-refractivity contribution in [2.45, 2.75) is 23.6 Å². The highest BCUT2D eigenvalue weighted by Gasteiger charge is 2.16. The Morgan fingerprint density at radius 2 is 1.29 bits per heavy atom. The third kappa shape index (κ3) is 6.54. The number of hydrogen-bond acceptors (Lipinski definition) is 7. The molecule has 14 heteroatoms. The zero-order valence-corrected chi connectivity index (χ0v) is 15.9. The molecule has 0 atom stereocenters. The molecule has 2 rings (SSSR count). The molecule has 0 aliphatic rings. The summed E-state index contributed by atoms with van der Waals surface area (Å²) < 4.78 is 46.0. The smallest absolute Gasteiger partial charge is 0.264 e.